The first-order valence-corrected chi connectivity index (χ1v) is 6.93. The van der Waals surface area contributed by atoms with Crippen LogP contribution >= 0.6 is 0 Å². The van der Waals surface area contributed by atoms with Crippen molar-refractivity contribution in [1.82, 2.24) is 9.29 Å². The van der Waals surface area contributed by atoms with Gasteiger partial charge < -0.3 is 10.9 Å². The van der Waals surface area contributed by atoms with Gasteiger partial charge in [-0.3, -0.25) is 4.98 Å². The second-order valence-corrected chi connectivity index (χ2v) is 5.71. The SMILES string of the molecule is CCCN(CC(N)=NO)S(=O)(=O)c1cncc(F)c1. The smallest absolute Gasteiger partial charge is 0.245 e. The molecule has 0 atom stereocenters. The highest BCUT2D eigenvalue weighted by atomic mass is 32.2. The van der Waals surface area contributed by atoms with Crippen LogP contribution in [0.5, 0.6) is 0 Å². The van der Waals surface area contributed by atoms with Crippen LogP contribution in [0.3, 0.4) is 0 Å². The normalized spacial score (nSPS) is 12.9. The first-order valence-electron chi connectivity index (χ1n) is 5.49. The van der Waals surface area contributed by atoms with Gasteiger partial charge in [0.25, 0.3) is 0 Å². The predicted molar refractivity (Wildman–Crippen MR) is 66.7 cm³/mol. The summed E-state index contributed by atoms with van der Waals surface area (Å²) in [6.07, 6.45) is 2.49. The Morgan fingerprint density at radius 3 is 2.79 bits per heavy atom. The third-order valence-electron chi connectivity index (χ3n) is 2.26. The van der Waals surface area contributed by atoms with E-state index >= 15 is 0 Å². The number of hydrogen-bond donors (Lipinski definition) is 2. The fraction of sp³-hybridized carbons (Fsp3) is 0.400. The van der Waals surface area contributed by atoms with E-state index in [1.54, 1.807) is 6.92 Å². The number of aromatic nitrogens is 1. The van der Waals surface area contributed by atoms with Gasteiger partial charge in [0.1, 0.15) is 10.7 Å². The maximum atomic E-state index is 13.0. The third kappa shape index (κ3) is 3.86. The molecule has 1 heterocycles. The molecule has 0 amide bonds. The topological polar surface area (TPSA) is 109 Å². The van der Waals surface area contributed by atoms with Gasteiger partial charge in [0.15, 0.2) is 5.84 Å². The predicted octanol–water partition coefficient (Wildman–Crippen LogP) is 0.368. The number of nitrogens with zero attached hydrogens (tertiary/aromatic N) is 3. The number of pyridine rings is 1. The summed E-state index contributed by atoms with van der Waals surface area (Å²) in [5.41, 5.74) is 5.31. The summed E-state index contributed by atoms with van der Waals surface area (Å²) in [5.74, 6) is -0.997. The molecule has 106 valence electrons. The summed E-state index contributed by atoms with van der Waals surface area (Å²) in [6, 6.07) is 0.872. The summed E-state index contributed by atoms with van der Waals surface area (Å²) < 4.78 is 38.5. The first-order chi connectivity index (χ1) is 8.91. The average molecular weight is 290 g/mol. The molecule has 0 spiro atoms. The van der Waals surface area contributed by atoms with E-state index in [0.717, 1.165) is 22.8 Å². The van der Waals surface area contributed by atoms with Gasteiger partial charge in [-0.1, -0.05) is 12.1 Å². The molecule has 0 aromatic carbocycles. The molecule has 7 nitrogen and oxygen atoms in total. The van der Waals surface area contributed by atoms with Crippen LogP contribution in [-0.4, -0.2) is 41.8 Å². The number of halogens is 1. The average Bonchev–Trinajstić information content (AvgIpc) is 2.38. The molecule has 0 aliphatic rings. The molecule has 0 saturated heterocycles. The van der Waals surface area contributed by atoms with E-state index in [9.17, 15) is 12.8 Å². The Kier molecular flexibility index (Phi) is 5.19. The van der Waals surface area contributed by atoms with Gasteiger partial charge in [0, 0.05) is 12.7 Å². The summed E-state index contributed by atoms with van der Waals surface area (Å²) in [4.78, 5) is 3.23. The number of sulfonamides is 1. The second-order valence-electron chi connectivity index (χ2n) is 3.77. The minimum atomic E-state index is -3.93. The zero-order chi connectivity index (χ0) is 14.5. The number of rotatable bonds is 6. The van der Waals surface area contributed by atoms with E-state index in [0.29, 0.717) is 6.42 Å². The van der Waals surface area contributed by atoms with Gasteiger partial charge >= 0.3 is 0 Å². The van der Waals surface area contributed by atoms with E-state index in [2.05, 4.69) is 10.1 Å². The molecule has 1 rings (SSSR count). The minimum Gasteiger partial charge on any atom is -0.409 e. The van der Waals surface area contributed by atoms with E-state index in [1.165, 1.54) is 0 Å². The van der Waals surface area contributed by atoms with Gasteiger partial charge in [-0.05, 0) is 12.5 Å². The molecule has 0 aliphatic heterocycles. The molecule has 0 radical (unpaired) electrons. The fourth-order valence-corrected chi connectivity index (χ4v) is 2.91. The minimum absolute atomic E-state index is 0.162. The Morgan fingerprint density at radius 2 is 2.26 bits per heavy atom. The summed E-state index contributed by atoms with van der Waals surface area (Å²) in [5, 5.41) is 11.2. The Balaban J connectivity index is 3.12. The maximum Gasteiger partial charge on any atom is 0.245 e. The Labute approximate surface area is 110 Å². The third-order valence-corrected chi connectivity index (χ3v) is 4.07. The van der Waals surface area contributed by atoms with E-state index in [4.69, 9.17) is 10.9 Å². The quantitative estimate of drug-likeness (QED) is 0.340. The molecule has 0 aliphatic carbocycles. The highest BCUT2D eigenvalue weighted by Gasteiger charge is 2.25. The highest BCUT2D eigenvalue weighted by Crippen LogP contribution is 2.15. The molecular weight excluding hydrogens is 275 g/mol. The van der Waals surface area contributed by atoms with Gasteiger partial charge in [0.2, 0.25) is 10.0 Å². The lowest BCUT2D eigenvalue weighted by Gasteiger charge is -2.20. The number of oxime groups is 1. The van der Waals surface area contributed by atoms with Gasteiger partial charge in [-0.2, -0.15) is 4.31 Å². The Morgan fingerprint density at radius 1 is 1.58 bits per heavy atom. The fourth-order valence-electron chi connectivity index (χ4n) is 1.43. The van der Waals surface area contributed by atoms with E-state index in [1.807, 2.05) is 0 Å². The summed E-state index contributed by atoms with van der Waals surface area (Å²) in [7, 11) is -3.93. The van der Waals surface area contributed by atoms with Crippen molar-refractivity contribution >= 4 is 15.9 Å². The molecular formula is C10H15FN4O3S. The summed E-state index contributed by atoms with van der Waals surface area (Å²) in [6.45, 7) is 1.66. The van der Waals surface area contributed by atoms with Crippen molar-refractivity contribution in [1.29, 1.82) is 0 Å². The van der Waals surface area contributed by atoms with Crippen molar-refractivity contribution in [2.75, 3.05) is 13.1 Å². The standard InChI is InChI=1S/C10H15FN4O3S/c1-2-3-15(7-10(12)14-16)19(17,18)9-4-8(11)5-13-6-9/h4-6,16H,2-3,7H2,1H3,(H2,12,14). The molecule has 0 saturated carbocycles. The van der Waals surface area contributed by atoms with Crippen LogP contribution < -0.4 is 5.73 Å². The molecule has 1 aromatic heterocycles. The van der Waals surface area contributed by atoms with Crippen LogP contribution in [0.15, 0.2) is 28.5 Å². The zero-order valence-corrected chi connectivity index (χ0v) is 11.1. The van der Waals surface area contributed by atoms with Crippen molar-refractivity contribution in [3.05, 3.63) is 24.3 Å². The molecule has 1 aromatic rings. The van der Waals surface area contributed by atoms with Gasteiger partial charge in [0.05, 0.1) is 12.7 Å². The largest absolute Gasteiger partial charge is 0.409 e. The van der Waals surface area contributed by atoms with E-state index in [-0.39, 0.29) is 23.8 Å². The number of amidine groups is 1. The lowest BCUT2D eigenvalue weighted by Crippen LogP contribution is -2.39. The van der Waals surface area contributed by atoms with Gasteiger partial charge in [-0.25, -0.2) is 12.8 Å². The number of nitrogens with two attached hydrogens (primary N) is 1. The summed E-state index contributed by atoms with van der Waals surface area (Å²) >= 11 is 0. The second kappa shape index (κ2) is 6.43. The first kappa shape index (κ1) is 15.3. The van der Waals surface area contributed by atoms with Crippen LogP contribution in [0.2, 0.25) is 0 Å². The molecule has 0 fully saturated rings. The Bertz CT molecular complexity index is 562. The van der Waals surface area contributed by atoms with Crippen LogP contribution in [0.1, 0.15) is 13.3 Å². The zero-order valence-electron chi connectivity index (χ0n) is 10.3. The lowest BCUT2D eigenvalue weighted by atomic mass is 10.4. The van der Waals surface area contributed by atoms with Gasteiger partial charge in [-0.15, -0.1) is 0 Å². The molecule has 19 heavy (non-hydrogen) atoms. The molecule has 0 bridgehead atoms. The Hall–Kier alpha value is -1.74. The lowest BCUT2D eigenvalue weighted by molar-refractivity contribution is 0.314. The van der Waals surface area contributed by atoms with Crippen molar-refractivity contribution in [2.45, 2.75) is 18.2 Å². The maximum absolute atomic E-state index is 13.0. The van der Waals surface area contributed by atoms with Crippen LogP contribution in [0.4, 0.5) is 4.39 Å². The molecule has 0 unspecified atom stereocenters. The van der Waals surface area contributed by atoms with E-state index < -0.39 is 15.8 Å². The van der Waals surface area contributed by atoms with Crippen LogP contribution in [0, 0.1) is 5.82 Å². The number of hydrogen-bond acceptors (Lipinski definition) is 5. The van der Waals surface area contributed by atoms with Crippen molar-refractivity contribution in [3.8, 4) is 0 Å². The van der Waals surface area contributed by atoms with Crippen molar-refractivity contribution in [3.63, 3.8) is 0 Å². The van der Waals surface area contributed by atoms with Crippen LogP contribution in [-0.2, 0) is 10.0 Å². The monoisotopic (exact) mass is 290 g/mol. The van der Waals surface area contributed by atoms with Crippen LogP contribution in [0.25, 0.3) is 0 Å². The van der Waals surface area contributed by atoms with Crippen molar-refractivity contribution < 1.29 is 18.0 Å². The molecule has 9 heteroatoms. The van der Waals surface area contributed by atoms with Crippen molar-refractivity contribution in [2.24, 2.45) is 10.9 Å². The highest BCUT2D eigenvalue weighted by molar-refractivity contribution is 7.89. The molecule has 3 N–H and O–H groups in total.